The number of para-hydroxylation sites is 1. The van der Waals surface area contributed by atoms with Crippen LogP contribution >= 0.6 is 23.2 Å². The van der Waals surface area contributed by atoms with E-state index in [0.29, 0.717) is 21.0 Å². The summed E-state index contributed by atoms with van der Waals surface area (Å²) in [5.74, 6) is -0.862. The summed E-state index contributed by atoms with van der Waals surface area (Å²) in [7, 11) is 0. The number of carbonyl (C=O) groups excluding carboxylic acids is 1. The first-order valence-electron chi connectivity index (χ1n) is 5.73. The van der Waals surface area contributed by atoms with Crippen LogP contribution in [0.4, 0.5) is 4.39 Å². The summed E-state index contributed by atoms with van der Waals surface area (Å²) in [4.78, 5) is 12.3. The molecule has 5 heteroatoms. The number of benzene rings is 2. The van der Waals surface area contributed by atoms with E-state index in [0.717, 1.165) is 0 Å². The largest absolute Gasteiger partial charge is 0.449 e. The van der Waals surface area contributed by atoms with Crippen LogP contribution in [-0.4, -0.2) is 5.78 Å². The average Bonchev–Trinajstić information content (AvgIpc) is 2.82. The Kier molecular flexibility index (Phi) is 3.24. The first-order chi connectivity index (χ1) is 9.54. The Morgan fingerprint density at radius 1 is 1.05 bits per heavy atom. The van der Waals surface area contributed by atoms with Gasteiger partial charge in [-0.2, -0.15) is 0 Å². The van der Waals surface area contributed by atoms with E-state index in [1.807, 2.05) is 0 Å². The quantitative estimate of drug-likeness (QED) is 0.616. The van der Waals surface area contributed by atoms with Gasteiger partial charge in [0.15, 0.2) is 17.2 Å². The zero-order chi connectivity index (χ0) is 14.3. The normalized spacial score (nSPS) is 10.9. The standard InChI is InChI=1S/C15H7Cl2FO2/c16-10-4-9(5-11(17)7-10)14(19)13-6-8-2-1-3-12(18)15(8)20-13/h1-7H. The van der Waals surface area contributed by atoms with E-state index in [2.05, 4.69) is 0 Å². The molecular weight excluding hydrogens is 302 g/mol. The minimum absolute atomic E-state index is 0.0448. The zero-order valence-electron chi connectivity index (χ0n) is 9.99. The Bertz CT molecular complexity index is 804. The molecule has 2 aromatic carbocycles. The van der Waals surface area contributed by atoms with Gasteiger partial charge >= 0.3 is 0 Å². The molecule has 0 aliphatic heterocycles. The molecule has 0 bridgehead atoms. The van der Waals surface area contributed by atoms with Crippen molar-refractivity contribution in [3.63, 3.8) is 0 Å². The highest BCUT2D eigenvalue weighted by Gasteiger charge is 2.17. The Hall–Kier alpha value is -1.84. The smallest absolute Gasteiger partial charge is 0.228 e. The first kappa shape index (κ1) is 13.2. The van der Waals surface area contributed by atoms with Crippen molar-refractivity contribution in [2.24, 2.45) is 0 Å². The number of rotatable bonds is 2. The molecule has 0 fully saturated rings. The highest BCUT2D eigenvalue weighted by Crippen LogP contribution is 2.26. The minimum atomic E-state index is -0.509. The molecule has 0 atom stereocenters. The highest BCUT2D eigenvalue weighted by atomic mass is 35.5. The predicted octanol–water partition coefficient (Wildman–Crippen LogP) is 5.11. The lowest BCUT2D eigenvalue weighted by molar-refractivity contribution is 0.101. The van der Waals surface area contributed by atoms with Gasteiger partial charge in [-0.3, -0.25) is 4.79 Å². The van der Waals surface area contributed by atoms with Gasteiger partial charge in [-0.25, -0.2) is 4.39 Å². The molecule has 2 nitrogen and oxygen atoms in total. The summed E-state index contributed by atoms with van der Waals surface area (Å²) in [6, 6.07) is 10.5. The van der Waals surface area contributed by atoms with Crippen molar-refractivity contribution in [2.45, 2.75) is 0 Å². The number of fused-ring (bicyclic) bond motifs is 1. The SMILES string of the molecule is O=C(c1cc(Cl)cc(Cl)c1)c1cc2cccc(F)c2o1. The molecule has 3 aromatic rings. The van der Waals surface area contributed by atoms with Crippen molar-refractivity contribution in [3.8, 4) is 0 Å². The molecule has 0 N–H and O–H groups in total. The van der Waals surface area contributed by atoms with E-state index in [4.69, 9.17) is 27.6 Å². The molecule has 0 saturated carbocycles. The molecular formula is C15H7Cl2FO2. The molecule has 0 saturated heterocycles. The maximum Gasteiger partial charge on any atom is 0.228 e. The van der Waals surface area contributed by atoms with Gasteiger partial charge in [-0.15, -0.1) is 0 Å². The molecule has 0 unspecified atom stereocenters. The number of hydrogen-bond donors (Lipinski definition) is 0. The van der Waals surface area contributed by atoms with Crippen LogP contribution in [0, 0.1) is 5.82 Å². The highest BCUT2D eigenvalue weighted by molar-refractivity contribution is 6.35. The molecule has 0 aliphatic rings. The van der Waals surface area contributed by atoms with Gasteiger partial charge in [0.25, 0.3) is 0 Å². The van der Waals surface area contributed by atoms with E-state index in [-0.39, 0.29) is 11.3 Å². The minimum Gasteiger partial charge on any atom is -0.449 e. The molecule has 0 spiro atoms. The molecule has 0 radical (unpaired) electrons. The first-order valence-corrected chi connectivity index (χ1v) is 6.49. The second kappa shape index (κ2) is 4.93. The van der Waals surface area contributed by atoms with Gasteiger partial charge in [0.2, 0.25) is 5.78 Å². The number of hydrogen-bond acceptors (Lipinski definition) is 2. The predicted molar refractivity (Wildman–Crippen MR) is 76.1 cm³/mol. The van der Waals surface area contributed by atoms with Crippen LogP contribution in [0.3, 0.4) is 0 Å². The summed E-state index contributed by atoms with van der Waals surface area (Å²) < 4.78 is 18.8. The van der Waals surface area contributed by atoms with Crippen molar-refractivity contribution in [2.75, 3.05) is 0 Å². The third-order valence-corrected chi connectivity index (χ3v) is 3.28. The summed E-state index contributed by atoms with van der Waals surface area (Å²) in [6.45, 7) is 0. The number of carbonyl (C=O) groups is 1. The lowest BCUT2D eigenvalue weighted by Gasteiger charge is -1.99. The van der Waals surface area contributed by atoms with Crippen LogP contribution < -0.4 is 0 Å². The number of ketones is 1. The van der Waals surface area contributed by atoms with Crippen molar-refractivity contribution in [3.05, 3.63) is 69.7 Å². The van der Waals surface area contributed by atoms with Crippen LogP contribution in [0.1, 0.15) is 16.1 Å². The van der Waals surface area contributed by atoms with E-state index >= 15 is 0 Å². The summed E-state index contributed by atoms with van der Waals surface area (Å²) in [5, 5.41) is 1.23. The Balaban J connectivity index is 2.10. The third kappa shape index (κ3) is 2.30. The zero-order valence-corrected chi connectivity index (χ0v) is 11.5. The number of furan rings is 1. The van der Waals surface area contributed by atoms with Gasteiger partial charge in [-0.05, 0) is 30.3 Å². The van der Waals surface area contributed by atoms with Gasteiger partial charge < -0.3 is 4.42 Å². The van der Waals surface area contributed by atoms with Crippen molar-refractivity contribution < 1.29 is 13.6 Å². The summed E-state index contributed by atoms with van der Waals surface area (Å²) >= 11 is 11.7. The van der Waals surface area contributed by atoms with Crippen molar-refractivity contribution in [1.29, 1.82) is 0 Å². The Morgan fingerprint density at radius 2 is 1.75 bits per heavy atom. The molecule has 100 valence electrons. The molecule has 0 amide bonds. The average molecular weight is 309 g/mol. The lowest BCUT2D eigenvalue weighted by atomic mass is 10.1. The van der Waals surface area contributed by atoms with E-state index in [9.17, 15) is 9.18 Å². The Labute approximate surface area is 123 Å². The Morgan fingerprint density at radius 3 is 2.40 bits per heavy atom. The third-order valence-electron chi connectivity index (χ3n) is 2.84. The van der Waals surface area contributed by atoms with E-state index in [1.54, 1.807) is 12.1 Å². The van der Waals surface area contributed by atoms with Gasteiger partial charge in [0.05, 0.1) is 0 Å². The van der Waals surface area contributed by atoms with Gasteiger partial charge in [0.1, 0.15) is 0 Å². The van der Waals surface area contributed by atoms with Crippen molar-refractivity contribution >= 4 is 40.0 Å². The molecule has 3 rings (SSSR count). The fraction of sp³-hybridized carbons (Fsp3) is 0. The fourth-order valence-corrected chi connectivity index (χ4v) is 2.49. The fourth-order valence-electron chi connectivity index (χ4n) is 1.97. The molecule has 1 aromatic heterocycles. The summed E-state index contributed by atoms with van der Waals surface area (Å²) in [6.07, 6.45) is 0. The lowest BCUT2D eigenvalue weighted by Crippen LogP contribution is -1.99. The van der Waals surface area contributed by atoms with Crippen LogP contribution in [-0.2, 0) is 0 Å². The maximum absolute atomic E-state index is 13.5. The second-order valence-corrected chi connectivity index (χ2v) is 5.13. The number of halogens is 3. The van der Waals surface area contributed by atoms with Gasteiger partial charge in [0, 0.05) is 21.0 Å². The van der Waals surface area contributed by atoms with Crippen LogP contribution in [0.15, 0.2) is 46.9 Å². The van der Waals surface area contributed by atoms with Crippen LogP contribution in [0.2, 0.25) is 10.0 Å². The molecule has 0 aliphatic carbocycles. The monoisotopic (exact) mass is 308 g/mol. The van der Waals surface area contributed by atoms with Gasteiger partial charge in [-0.1, -0.05) is 35.3 Å². The topological polar surface area (TPSA) is 30.2 Å². The van der Waals surface area contributed by atoms with Crippen molar-refractivity contribution in [1.82, 2.24) is 0 Å². The maximum atomic E-state index is 13.5. The molecule has 1 heterocycles. The van der Waals surface area contributed by atoms with E-state index < -0.39 is 11.6 Å². The summed E-state index contributed by atoms with van der Waals surface area (Å²) in [5.41, 5.74) is 0.353. The van der Waals surface area contributed by atoms with Crippen LogP contribution in [0.5, 0.6) is 0 Å². The molecule has 20 heavy (non-hydrogen) atoms. The second-order valence-electron chi connectivity index (χ2n) is 4.26. The van der Waals surface area contributed by atoms with E-state index in [1.165, 1.54) is 30.3 Å². The van der Waals surface area contributed by atoms with Crippen LogP contribution in [0.25, 0.3) is 11.0 Å².